The number of hydrogen-bond donors (Lipinski definition) is 4. The van der Waals surface area contributed by atoms with E-state index in [1.807, 2.05) is 6.92 Å². The first-order valence-electron chi connectivity index (χ1n) is 10.4. The van der Waals surface area contributed by atoms with Crippen LogP contribution in [0.2, 0.25) is 0 Å². The third-order valence-corrected chi connectivity index (χ3v) is 5.92. The number of primary sulfonamides is 1. The zero-order valence-corrected chi connectivity index (χ0v) is 19.7. The van der Waals surface area contributed by atoms with Gasteiger partial charge in [0, 0.05) is 23.9 Å². The Morgan fingerprint density at radius 1 is 1.15 bits per heavy atom. The van der Waals surface area contributed by atoms with E-state index in [9.17, 15) is 22.8 Å². The number of H-pyrrole nitrogens is 1. The Hall–Kier alpha value is -3.84. The second-order valence-corrected chi connectivity index (χ2v) is 9.10. The van der Waals surface area contributed by atoms with E-state index in [0.29, 0.717) is 29.8 Å². The summed E-state index contributed by atoms with van der Waals surface area (Å²) in [4.78, 5) is 43.9. The maximum absolute atomic E-state index is 12.4. The third-order valence-electron chi connectivity index (χ3n) is 4.99. The first-order valence-corrected chi connectivity index (χ1v) is 11.9. The molecule has 2 aromatic heterocycles. The van der Waals surface area contributed by atoms with Gasteiger partial charge in [0.2, 0.25) is 16.0 Å². The number of aryl methyl sites for hydroxylation is 2. The lowest BCUT2D eigenvalue weighted by atomic mass is 10.1. The SMILES string of the molecule is CCc1c(C)nc(-n2nc(C)cc2NC(=O)C(=O)NCCc2ccc(S(N)(=O)=O)cc2)[nH]c1=O. The monoisotopic (exact) mass is 487 g/mol. The summed E-state index contributed by atoms with van der Waals surface area (Å²) >= 11 is 0. The number of rotatable bonds is 7. The summed E-state index contributed by atoms with van der Waals surface area (Å²) < 4.78 is 23.9. The van der Waals surface area contributed by atoms with Gasteiger partial charge >= 0.3 is 11.8 Å². The van der Waals surface area contributed by atoms with Crippen LogP contribution in [0.25, 0.3) is 5.95 Å². The summed E-state index contributed by atoms with van der Waals surface area (Å²) in [6.45, 7) is 5.40. The molecule has 1 aromatic carbocycles. The molecule has 2 heterocycles. The molecule has 0 aliphatic heterocycles. The number of nitrogens with two attached hydrogens (primary N) is 1. The van der Waals surface area contributed by atoms with Crippen molar-refractivity contribution in [2.45, 2.75) is 38.5 Å². The minimum atomic E-state index is -3.78. The second kappa shape index (κ2) is 9.97. The molecule has 0 saturated carbocycles. The number of hydrogen-bond acceptors (Lipinski definition) is 7. The summed E-state index contributed by atoms with van der Waals surface area (Å²) in [7, 11) is -3.78. The van der Waals surface area contributed by atoms with Gasteiger partial charge < -0.3 is 10.6 Å². The quantitative estimate of drug-likeness (QED) is 0.340. The van der Waals surface area contributed by atoms with Crippen LogP contribution >= 0.6 is 0 Å². The number of nitrogens with one attached hydrogen (secondary N) is 3. The van der Waals surface area contributed by atoms with Crippen molar-refractivity contribution in [3.05, 3.63) is 63.2 Å². The van der Waals surface area contributed by atoms with Gasteiger partial charge in [-0.2, -0.15) is 9.78 Å². The highest BCUT2D eigenvalue weighted by molar-refractivity contribution is 7.89. The van der Waals surface area contributed by atoms with Gasteiger partial charge in [-0.1, -0.05) is 19.1 Å². The summed E-state index contributed by atoms with van der Waals surface area (Å²) in [6.07, 6.45) is 0.891. The normalized spacial score (nSPS) is 11.3. The fraction of sp³-hybridized carbons (Fsp3) is 0.286. The van der Waals surface area contributed by atoms with Crippen LogP contribution in [-0.2, 0) is 32.5 Å². The molecule has 5 N–H and O–H groups in total. The molecule has 0 unspecified atom stereocenters. The van der Waals surface area contributed by atoms with Crippen molar-refractivity contribution in [2.75, 3.05) is 11.9 Å². The third kappa shape index (κ3) is 5.74. The molecule has 34 heavy (non-hydrogen) atoms. The number of carbonyl (C=O) groups is 2. The molecule has 180 valence electrons. The molecule has 0 spiro atoms. The molecular weight excluding hydrogens is 462 g/mol. The molecule has 0 aliphatic rings. The number of sulfonamides is 1. The van der Waals surface area contributed by atoms with Crippen molar-refractivity contribution < 1.29 is 18.0 Å². The number of benzene rings is 1. The van der Waals surface area contributed by atoms with Crippen LogP contribution in [0.3, 0.4) is 0 Å². The highest BCUT2D eigenvalue weighted by Crippen LogP contribution is 2.15. The fourth-order valence-electron chi connectivity index (χ4n) is 3.28. The number of aromatic amines is 1. The van der Waals surface area contributed by atoms with E-state index in [-0.39, 0.29) is 28.8 Å². The van der Waals surface area contributed by atoms with Gasteiger partial charge in [-0.15, -0.1) is 0 Å². The molecule has 3 aromatic rings. The Bertz CT molecular complexity index is 1390. The van der Waals surface area contributed by atoms with E-state index in [1.54, 1.807) is 32.0 Å². The van der Waals surface area contributed by atoms with Crippen LogP contribution in [0, 0.1) is 13.8 Å². The van der Waals surface area contributed by atoms with Gasteiger partial charge in [-0.3, -0.25) is 19.4 Å². The lowest BCUT2D eigenvalue weighted by Crippen LogP contribution is -2.37. The molecule has 2 amide bonds. The molecule has 0 radical (unpaired) electrons. The predicted molar refractivity (Wildman–Crippen MR) is 124 cm³/mol. The topological polar surface area (TPSA) is 182 Å². The maximum atomic E-state index is 12.4. The summed E-state index contributed by atoms with van der Waals surface area (Å²) in [5.41, 5.74) is 2.09. The molecule has 3 rings (SSSR count). The Morgan fingerprint density at radius 2 is 1.82 bits per heavy atom. The lowest BCUT2D eigenvalue weighted by molar-refractivity contribution is -0.136. The first kappa shape index (κ1) is 24.8. The van der Waals surface area contributed by atoms with E-state index in [0.717, 1.165) is 5.56 Å². The Morgan fingerprint density at radius 3 is 2.41 bits per heavy atom. The number of aromatic nitrogens is 4. The van der Waals surface area contributed by atoms with Crippen molar-refractivity contribution in [3.63, 3.8) is 0 Å². The molecular formula is C21H25N7O5S. The Kier molecular flexibility index (Phi) is 7.27. The highest BCUT2D eigenvalue weighted by atomic mass is 32.2. The summed E-state index contributed by atoms with van der Waals surface area (Å²) in [6, 6.07) is 7.44. The Labute approximate surface area is 195 Å². The zero-order valence-electron chi connectivity index (χ0n) is 18.9. The summed E-state index contributed by atoms with van der Waals surface area (Å²) in [5, 5.41) is 14.3. The van der Waals surface area contributed by atoms with Gasteiger partial charge in [-0.05, 0) is 44.4 Å². The van der Waals surface area contributed by atoms with Crippen molar-refractivity contribution in [1.82, 2.24) is 25.1 Å². The molecule has 0 bridgehead atoms. The molecule has 0 atom stereocenters. The fourth-order valence-corrected chi connectivity index (χ4v) is 3.80. The molecule has 0 aliphatic carbocycles. The maximum Gasteiger partial charge on any atom is 0.314 e. The van der Waals surface area contributed by atoms with Crippen LogP contribution < -0.4 is 21.3 Å². The van der Waals surface area contributed by atoms with Crippen molar-refractivity contribution in [1.29, 1.82) is 0 Å². The number of nitrogens with zero attached hydrogens (tertiary/aromatic N) is 3. The molecule has 0 fully saturated rings. The van der Waals surface area contributed by atoms with E-state index >= 15 is 0 Å². The minimum Gasteiger partial charge on any atom is -0.347 e. The average Bonchev–Trinajstić information content (AvgIpc) is 3.13. The van der Waals surface area contributed by atoms with Gasteiger partial charge in [0.05, 0.1) is 10.6 Å². The number of anilines is 1. The average molecular weight is 488 g/mol. The van der Waals surface area contributed by atoms with Crippen LogP contribution in [0.5, 0.6) is 0 Å². The zero-order chi connectivity index (χ0) is 25.0. The minimum absolute atomic E-state index is 0.0121. The second-order valence-electron chi connectivity index (χ2n) is 7.54. The van der Waals surface area contributed by atoms with Crippen molar-refractivity contribution in [2.24, 2.45) is 5.14 Å². The van der Waals surface area contributed by atoms with E-state index in [2.05, 4.69) is 25.7 Å². The number of carbonyl (C=O) groups excluding carboxylic acids is 2. The predicted octanol–water partition coefficient (Wildman–Crippen LogP) is 0.0796. The largest absolute Gasteiger partial charge is 0.347 e. The van der Waals surface area contributed by atoms with Gasteiger partial charge in [-0.25, -0.2) is 18.5 Å². The van der Waals surface area contributed by atoms with Crippen LogP contribution in [0.4, 0.5) is 5.82 Å². The standard InChI is InChI=1S/C21H25N7O5S/c1-4-16-13(3)24-21(26-18(16)29)28-17(11-12(2)27-28)25-20(31)19(30)23-10-9-14-5-7-15(8-6-14)34(22,32)33/h5-8,11H,4,9-10H2,1-3H3,(H,23,30)(H,25,31)(H2,22,32,33)(H,24,26,29). The van der Waals surface area contributed by atoms with Gasteiger partial charge in [0.15, 0.2) is 0 Å². The lowest BCUT2D eigenvalue weighted by Gasteiger charge is -2.10. The molecule has 0 saturated heterocycles. The molecule has 13 heteroatoms. The van der Waals surface area contributed by atoms with E-state index in [4.69, 9.17) is 5.14 Å². The van der Waals surface area contributed by atoms with Gasteiger partial charge in [0.1, 0.15) is 5.82 Å². The smallest absolute Gasteiger partial charge is 0.314 e. The van der Waals surface area contributed by atoms with E-state index in [1.165, 1.54) is 16.8 Å². The van der Waals surface area contributed by atoms with Crippen LogP contribution in [-0.4, -0.2) is 46.5 Å². The molecule has 12 nitrogen and oxygen atoms in total. The highest BCUT2D eigenvalue weighted by Gasteiger charge is 2.19. The van der Waals surface area contributed by atoms with Crippen LogP contribution in [0.15, 0.2) is 40.0 Å². The first-order chi connectivity index (χ1) is 16.0. The van der Waals surface area contributed by atoms with Crippen LogP contribution in [0.1, 0.15) is 29.4 Å². The summed E-state index contributed by atoms with van der Waals surface area (Å²) in [5.74, 6) is -1.50. The Balaban J connectivity index is 1.65. The number of amides is 2. The van der Waals surface area contributed by atoms with Gasteiger partial charge in [0.25, 0.3) is 5.56 Å². The van der Waals surface area contributed by atoms with Crippen molar-refractivity contribution in [3.8, 4) is 5.95 Å². The van der Waals surface area contributed by atoms with E-state index < -0.39 is 21.8 Å². The van der Waals surface area contributed by atoms with Crippen molar-refractivity contribution >= 4 is 27.7 Å².